The number of hydrogen-bond donors (Lipinski definition) is 1. The molecule has 5 nitrogen and oxygen atoms in total. The molecule has 0 spiro atoms. The molecule has 1 saturated heterocycles. The van der Waals surface area contributed by atoms with Gasteiger partial charge in [-0.05, 0) is 40.3 Å². The zero-order valence-corrected chi connectivity index (χ0v) is 12.1. The van der Waals surface area contributed by atoms with E-state index in [-0.39, 0.29) is 0 Å². The van der Waals surface area contributed by atoms with Gasteiger partial charge in [-0.25, -0.2) is 9.97 Å². The van der Waals surface area contributed by atoms with E-state index < -0.39 is 0 Å². The van der Waals surface area contributed by atoms with Gasteiger partial charge in [-0.15, -0.1) is 0 Å². The van der Waals surface area contributed by atoms with Crippen LogP contribution in [0, 0.1) is 6.92 Å². The van der Waals surface area contributed by atoms with E-state index in [1.165, 1.54) is 19.3 Å². The maximum atomic E-state index is 6.06. The molecule has 1 aromatic rings. The number of hydrogen-bond acceptors (Lipinski definition) is 5. The Morgan fingerprint density at radius 3 is 2.53 bits per heavy atom. The van der Waals surface area contributed by atoms with Crippen LogP contribution in [0.4, 0.5) is 11.6 Å². The SMILES string of the molecule is Cc1c(N)nc(C2CC2)nc1N1CCC(N(C)C)C1. The zero-order chi connectivity index (χ0) is 13.6. The highest BCUT2D eigenvalue weighted by Crippen LogP contribution is 2.40. The summed E-state index contributed by atoms with van der Waals surface area (Å²) in [6, 6.07) is 0.611. The van der Waals surface area contributed by atoms with Crippen molar-refractivity contribution in [3.63, 3.8) is 0 Å². The first-order valence-corrected chi connectivity index (χ1v) is 7.11. The molecule has 1 saturated carbocycles. The molecule has 1 unspecified atom stereocenters. The molecule has 0 aromatic carbocycles. The molecule has 1 atom stereocenters. The van der Waals surface area contributed by atoms with Gasteiger partial charge in [0, 0.05) is 30.6 Å². The van der Waals surface area contributed by atoms with E-state index in [0.717, 1.165) is 30.3 Å². The van der Waals surface area contributed by atoms with Crippen molar-refractivity contribution in [1.82, 2.24) is 14.9 Å². The fraction of sp³-hybridized carbons (Fsp3) is 0.714. The molecule has 0 bridgehead atoms. The van der Waals surface area contributed by atoms with Gasteiger partial charge in [0.15, 0.2) is 0 Å². The van der Waals surface area contributed by atoms with Gasteiger partial charge in [0.25, 0.3) is 0 Å². The summed E-state index contributed by atoms with van der Waals surface area (Å²) in [6.45, 7) is 4.13. The van der Waals surface area contributed by atoms with Crippen LogP contribution in [0.1, 0.15) is 36.6 Å². The van der Waals surface area contributed by atoms with Crippen LogP contribution >= 0.6 is 0 Å². The minimum atomic E-state index is 0.550. The Hall–Kier alpha value is -1.36. The number of anilines is 2. The van der Waals surface area contributed by atoms with Crippen molar-refractivity contribution in [3.05, 3.63) is 11.4 Å². The third-order valence-electron chi connectivity index (χ3n) is 4.31. The molecule has 19 heavy (non-hydrogen) atoms. The number of nitrogens with zero attached hydrogens (tertiary/aromatic N) is 4. The molecule has 2 heterocycles. The van der Waals surface area contributed by atoms with Crippen molar-refractivity contribution < 1.29 is 0 Å². The Morgan fingerprint density at radius 1 is 1.21 bits per heavy atom. The lowest BCUT2D eigenvalue weighted by molar-refractivity contribution is 0.315. The van der Waals surface area contributed by atoms with Crippen molar-refractivity contribution in [2.75, 3.05) is 37.8 Å². The maximum Gasteiger partial charge on any atom is 0.137 e. The van der Waals surface area contributed by atoms with Crippen molar-refractivity contribution in [1.29, 1.82) is 0 Å². The fourth-order valence-corrected chi connectivity index (χ4v) is 2.73. The third kappa shape index (κ3) is 2.39. The average Bonchev–Trinajstić information content (AvgIpc) is 3.09. The topological polar surface area (TPSA) is 58.3 Å². The Kier molecular flexibility index (Phi) is 3.09. The van der Waals surface area contributed by atoms with Crippen LogP contribution in [-0.2, 0) is 0 Å². The smallest absolute Gasteiger partial charge is 0.137 e. The molecule has 104 valence electrons. The van der Waals surface area contributed by atoms with Crippen LogP contribution in [-0.4, -0.2) is 48.1 Å². The van der Waals surface area contributed by atoms with Crippen molar-refractivity contribution in [2.24, 2.45) is 0 Å². The molecule has 1 aromatic heterocycles. The van der Waals surface area contributed by atoms with Crippen LogP contribution in [0.5, 0.6) is 0 Å². The van der Waals surface area contributed by atoms with E-state index in [9.17, 15) is 0 Å². The number of rotatable bonds is 3. The second-order valence-corrected chi connectivity index (χ2v) is 6.04. The van der Waals surface area contributed by atoms with Crippen molar-refractivity contribution in [2.45, 2.75) is 38.1 Å². The molecule has 1 aliphatic carbocycles. The van der Waals surface area contributed by atoms with Gasteiger partial charge in [0.1, 0.15) is 17.5 Å². The van der Waals surface area contributed by atoms with Crippen LogP contribution in [0.2, 0.25) is 0 Å². The molecule has 0 amide bonds. The summed E-state index contributed by atoms with van der Waals surface area (Å²) in [4.78, 5) is 13.9. The number of nitrogen functional groups attached to an aromatic ring is 1. The summed E-state index contributed by atoms with van der Waals surface area (Å²) in [5.41, 5.74) is 7.09. The summed E-state index contributed by atoms with van der Waals surface area (Å²) in [7, 11) is 4.29. The Balaban J connectivity index is 1.87. The molecule has 2 N–H and O–H groups in total. The second-order valence-electron chi connectivity index (χ2n) is 6.04. The molecule has 0 radical (unpaired) electrons. The highest BCUT2D eigenvalue weighted by atomic mass is 15.3. The zero-order valence-electron chi connectivity index (χ0n) is 12.1. The van der Waals surface area contributed by atoms with Gasteiger partial charge >= 0.3 is 0 Å². The van der Waals surface area contributed by atoms with E-state index in [4.69, 9.17) is 10.7 Å². The average molecular weight is 261 g/mol. The molecule has 3 rings (SSSR count). The first-order chi connectivity index (χ1) is 9.06. The Labute approximate surface area is 114 Å². The first-order valence-electron chi connectivity index (χ1n) is 7.11. The van der Waals surface area contributed by atoms with Crippen LogP contribution in [0.3, 0.4) is 0 Å². The minimum absolute atomic E-state index is 0.550. The van der Waals surface area contributed by atoms with Crippen LogP contribution in [0.25, 0.3) is 0 Å². The lowest BCUT2D eigenvalue weighted by Crippen LogP contribution is -2.32. The van der Waals surface area contributed by atoms with Crippen molar-refractivity contribution in [3.8, 4) is 0 Å². The number of nitrogens with two attached hydrogens (primary N) is 1. The summed E-state index contributed by atoms with van der Waals surface area (Å²) in [6.07, 6.45) is 3.61. The number of likely N-dealkylation sites (N-methyl/N-ethyl adjacent to an activating group) is 1. The second kappa shape index (κ2) is 4.63. The first kappa shape index (κ1) is 12.7. The number of aromatic nitrogens is 2. The summed E-state index contributed by atoms with van der Waals surface area (Å²) >= 11 is 0. The van der Waals surface area contributed by atoms with E-state index >= 15 is 0 Å². The maximum absolute atomic E-state index is 6.06. The van der Waals surface area contributed by atoms with Gasteiger partial charge < -0.3 is 15.5 Å². The Bertz CT molecular complexity index is 481. The molecule has 5 heteroatoms. The highest BCUT2D eigenvalue weighted by molar-refractivity contribution is 5.57. The summed E-state index contributed by atoms with van der Waals surface area (Å²) in [5, 5.41) is 0. The van der Waals surface area contributed by atoms with E-state index in [1.54, 1.807) is 0 Å². The summed E-state index contributed by atoms with van der Waals surface area (Å²) in [5.74, 6) is 3.21. The van der Waals surface area contributed by atoms with Crippen molar-refractivity contribution >= 4 is 11.6 Å². The fourth-order valence-electron chi connectivity index (χ4n) is 2.73. The van der Waals surface area contributed by atoms with E-state index in [1.807, 2.05) is 6.92 Å². The van der Waals surface area contributed by atoms with Crippen LogP contribution in [0.15, 0.2) is 0 Å². The van der Waals surface area contributed by atoms with E-state index in [2.05, 4.69) is 28.9 Å². The lowest BCUT2D eigenvalue weighted by atomic mass is 10.2. The minimum Gasteiger partial charge on any atom is -0.383 e. The van der Waals surface area contributed by atoms with Gasteiger partial charge in [-0.1, -0.05) is 0 Å². The van der Waals surface area contributed by atoms with Gasteiger partial charge in [0.05, 0.1) is 0 Å². The van der Waals surface area contributed by atoms with Gasteiger partial charge in [0.2, 0.25) is 0 Å². The lowest BCUT2D eigenvalue weighted by Gasteiger charge is -2.23. The Morgan fingerprint density at radius 2 is 1.95 bits per heavy atom. The quantitative estimate of drug-likeness (QED) is 0.891. The predicted molar refractivity (Wildman–Crippen MR) is 77.5 cm³/mol. The molecular formula is C14H23N5. The highest BCUT2D eigenvalue weighted by Gasteiger charge is 2.31. The largest absolute Gasteiger partial charge is 0.383 e. The van der Waals surface area contributed by atoms with E-state index in [0.29, 0.717) is 17.8 Å². The van der Waals surface area contributed by atoms with Crippen LogP contribution < -0.4 is 10.6 Å². The third-order valence-corrected chi connectivity index (χ3v) is 4.31. The molecular weight excluding hydrogens is 238 g/mol. The molecule has 2 fully saturated rings. The van der Waals surface area contributed by atoms with Gasteiger partial charge in [-0.3, -0.25) is 0 Å². The predicted octanol–water partition coefficient (Wildman–Crippen LogP) is 1.38. The normalized spacial score (nSPS) is 23.4. The van der Waals surface area contributed by atoms with Gasteiger partial charge in [-0.2, -0.15) is 0 Å². The standard InChI is InChI=1S/C14H23N5/c1-9-12(15)16-13(10-4-5-10)17-14(9)19-7-6-11(8-19)18(2)3/h10-11H,4-8H2,1-3H3,(H2,15,16,17). The monoisotopic (exact) mass is 261 g/mol. The molecule has 2 aliphatic rings. The summed E-state index contributed by atoms with van der Waals surface area (Å²) < 4.78 is 0. The molecule has 1 aliphatic heterocycles.